The monoisotopic (exact) mass is 370 g/mol. The van der Waals surface area contributed by atoms with Crippen molar-refractivity contribution in [2.24, 2.45) is 0 Å². The predicted molar refractivity (Wildman–Crippen MR) is 104 cm³/mol. The second-order valence-corrected chi connectivity index (χ2v) is 7.51. The van der Waals surface area contributed by atoms with Crippen molar-refractivity contribution < 1.29 is 9.53 Å². The quantitative estimate of drug-likeness (QED) is 0.822. The second kappa shape index (κ2) is 6.84. The number of nitrogens with zero attached hydrogens (tertiary/aromatic N) is 2. The molecule has 2 aromatic carbocycles. The van der Waals surface area contributed by atoms with Crippen LogP contribution in [-0.4, -0.2) is 44.1 Å². The van der Waals surface area contributed by atoms with Crippen molar-refractivity contribution in [3.8, 4) is 5.75 Å². The number of hydrogen-bond donors (Lipinski definition) is 0. The molecule has 1 aliphatic carbocycles. The van der Waals surface area contributed by atoms with Crippen molar-refractivity contribution in [1.82, 2.24) is 4.90 Å². The van der Waals surface area contributed by atoms with E-state index in [0.29, 0.717) is 5.02 Å². The van der Waals surface area contributed by atoms with Crippen molar-refractivity contribution in [3.05, 3.63) is 59.1 Å². The molecule has 2 aromatic rings. The third kappa shape index (κ3) is 3.14. The van der Waals surface area contributed by atoms with Crippen LogP contribution in [0.5, 0.6) is 5.75 Å². The summed E-state index contributed by atoms with van der Waals surface area (Å²) in [5, 5.41) is 0.712. The Morgan fingerprint density at radius 2 is 1.73 bits per heavy atom. The van der Waals surface area contributed by atoms with Crippen LogP contribution >= 0.6 is 11.6 Å². The van der Waals surface area contributed by atoms with Gasteiger partial charge in [0.25, 0.3) is 0 Å². The molecular formula is C21H23ClN2O2. The summed E-state index contributed by atoms with van der Waals surface area (Å²) < 4.78 is 5.31. The molecule has 0 aromatic heterocycles. The summed E-state index contributed by atoms with van der Waals surface area (Å²) in [5.74, 6) is 1.13. The van der Waals surface area contributed by atoms with Gasteiger partial charge >= 0.3 is 0 Å². The molecule has 136 valence electrons. The Balaban J connectivity index is 1.43. The van der Waals surface area contributed by atoms with Crippen LogP contribution in [-0.2, 0) is 10.2 Å². The first-order valence-corrected chi connectivity index (χ1v) is 9.45. The van der Waals surface area contributed by atoms with Gasteiger partial charge in [0.2, 0.25) is 5.91 Å². The number of ether oxygens (including phenoxy) is 1. The van der Waals surface area contributed by atoms with Gasteiger partial charge in [-0.3, -0.25) is 4.79 Å². The van der Waals surface area contributed by atoms with Gasteiger partial charge in [-0.25, -0.2) is 0 Å². The number of carbonyl (C=O) groups excluding carboxylic acids is 1. The minimum atomic E-state index is -0.317. The number of piperazine rings is 1. The van der Waals surface area contributed by atoms with E-state index in [9.17, 15) is 4.79 Å². The summed E-state index contributed by atoms with van der Waals surface area (Å²) in [6, 6.07) is 15.9. The molecular weight excluding hydrogens is 348 g/mol. The number of anilines is 1. The summed E-state index contributed by atoms with van der Waals surface area (Å²) >= 11 is 6.00. The Morgan fingerprint density at radius 1 is 1.04 bits per heavy atom. The van der Waals surface area contributed by atoms with Crippen molar-refractivity contribution in [2.75, 3.05) is 38.2 Å². The SMILES string of the molecule is COc1cccc(N2CCN(C(=O)C3(c4ccc(Cl)cc4)CC3)CC2)c1. The average molecular weight is 371 g/mol. The molecule has 1 saturated carbocycles. The highest BCUT2D eigenvalue weighted by atomic mass is 35.5. The molecule has 1 amide bonds. The fourth-order valence-electron chi connectivity index (χ4n) is 3.80. The zero-order valence-electron chi connectivity index (χ0n) is 15.0. The maximum atomic E-state index is 13.2. The topological polar surface area (TPSA) is 32.8 Å². The van der Waals surface area contributed by atoms with E-state index in [4.69, 9.17) is 16.3 Å². The Morgan fingerprint density at radius 3 is 2.35 bits per heavy atom. The molecule has 0 radical (unpaired) electrons. The smallest absolute Gasteiger partial charge is 0.233 e. The summed E-state index contributed by atoms with van der Waals surface area (Å²) in [7, 11) is 1.68. The molecule has 2 fully saturated rings. The molecule has 1 saturated heterocycles. The fourth-order valence-corrected chi connectivity index (χ4v) is 3.92. The minimum absolute atomic E-state index is 0.269. The van der Waals surface area contributed by atoms with Crippen molar-refractivity contribution in [2.45, 2.75) is 18.3 Å². The molecule has 4 rings (SSSR count). The summed E-state index contributed by atoms with van der Waals surface area (Å²) in [4.78, 5) is 17.5. The van der Waals surface area contributed by atoms with Gasteiger partial charge in [-0.05, 0) is 42.7 Å². The van der Waals surface area contributed by atoms with E-state index >= 15 is 0 Å². The Hall–Kier alpha value is -2.20. The highest BCUT2D eigenvalue weighted by Gasteiger charge is 2.53. The maximum Gasteiger partial charge on any atom is 0.233 e. The van der Waals surface area contributed by atoms with Crippen LogP contribution in [0.15, 0.2) is 48.5 Å². The molecule has 26 heavy (non-hydrogen) atoms. The standard InChI is InChI=1S/C21H23ClN2O2/c1-26-19-4-2-3-18(15-19)23-11-13-24(14-12-23)20(25)21(9-10-21)16-5-7-17(22)8-6-16/h2-8,15H,9-14H2,1H3. The van der Waals surface area contributed by atoms with Crippen LogP contribution in [0.25, 0.3) is 0 Å². The zero-order valence-corrected chi connectivity index (χ0v) is 15.7. The number of carbonyl (C=O) groups is 1. The van der Waals surface area contributed by atoms with Gasteiger partial charge in [0.15, 0.2) is 0 Å². The highest BCUT2D eigenvalue weighted by molar-refractivity contribution is 6.30. The van der Waals surface area contributed by atoms with E-state index in [0.717, 1.165) is 56.0 Å². The number of benzene rings is 2. The van der Waals surface area contributed by atoms with E-state index in [-0.39, 0.29) is 11.3 Å². The summed E-state index contributed by atoms with van der Waals surface area (Å²) in [5.41, 5.74) is 1.93. The molecule has 4 nitrogen and oxygen atoms in total. The lowest BCUT2D eigenvalue weighted by Gasteiger charge is -2.38. The Labute approximate surface area is 159 Å². The van der Waals surface area contributed by atoms with E-state index < -0.39 is 0 Å². The van der Waals surface area contributed by atoms with E-state index in [1.165, 1.54) is 0 Å². The first-order chi connectivity index (χ1) is 12.6. The summed E-state index contributed by atoms with van der Waals surface area (Å²) in [6.07, 6.45) is 1.87. The molecule has 1 aliphatic heterocycles. The number of amides is 1. The largest absolute Gasteiger partial charge is 0.497 e. The van der Waals surface area contributed by atoms with Gasteiger partial charge in [-0.2, -0.15) is 0 Å². The van der Waals surface area contributed by atoms with Crippen LogP contribution < -0.4 is 9.64 Å². The van der Waals surface area contributed by atoms with Crippen molar-refractivity contribution in [3.63, 3.8) is 0 Å². The van der Waals surface area contributed by atoms with Gasteiger partial charge in [-0.15, -0.1) is 0 Å². The third-order valence-corrected chi connectivity index (χ3v) is 5.79. The van der Waals surface area contributed by atoms with Gasteiger partial charge in [0.05, 0.1) is 12.5 Å². The maximum absolute atomic E-state index is 13.2. The molecule has 5 heteroatoms. The van der Waals surface area contributed by atoms with Crippen LogP contribution in [0.4, 0.5) is 5.69 Å². The van der Waals surface area contributed by atoms with Gasteiger partial charge in [0, 0.05) is 43.0 Å². The molecule has 2 aliphatic rings. The highest BCUT2D eigenvalue weighted by Crippen LogP contribution is 2.50. The van der Waals surface area contributed by atoms with Gasteiger partial charge in [-0.1, -0.05) is 29.8 Å². The first kappa shape index (κ1) is 17.2. The average Bonchev–Trinajstić information content (AvgIpc) is 3.50. The molecule has 0 spiro atoms. The van der Waals surface area contributed by atoms with Crippen molar-refractivity contribution in [1.29, 1.82) is 0 Å². The number of rotatable bonds is 4. The molecule has 1 heterocycles. The number of hydrogen-bond acceptors (Lipinski definition) is 3. The zero-order chi connectivity index (χ0) is 18.1. The van der Waals surface area contributed by atoms with E-state index in [1.807, 2.05) is 47.4 Å². The van der Waals surface area contributed by atoms with Crippen LogP contribution in [0, 0.1) is 0 Å². The van der Waals surface area contributed by atoms with Crippen LogP contribution in [0.2, 0.25) is 5.02 Å². The van der Waals surface area contributed by atoms with Crippen LogP contribution in [0.3, 0.4) is 0 Å². The third-order valence-electron chi connectivity index (χ3n) is 5.54. The Kier molecular flexibility index (Phi) is 4.53. The normalized spacial score (nSPS) is 18.5. The van der Waals surface area contributed by atoms with E-state index in [1.54, 1.807) is 7.11 Å². The van der Waals surface area contributed by atoms with Crippen molar-refractivity contribution >= 4 is 23.2 Å². The van der Waals surface area contributed by atoms with Gasteiger partial charge < -0.3 is 14.5 Å². The summed E-state index contributed by atoms with van der Waals surface area (Å²) in [6.45, 7) is 3.20. The van der Waals surface area contributed by atoms with Gasteiger partial charge in [0.1, 0.15) is 5.75 Å². The lowest BCUT2D eigenvalue weighted by atomic mass is 9.94. The molecule has 0 unspecified atom stereocenters. The fraction of sp³-hybridized carbons (Fsp3) is 0.381. The lowest BCUT2D eigenvalue weighted by molar-refractivity contribution is -0.134. The minimum Gasteiger partial charge on any atom is -0.497 e. The Bertz CT molecular complexity index is 794. The van der Waals surface area contributed by atoms with E-state index in [2.05, 4.69) is 11.0 Å². The van der Waals surface area contributed by atoms with Crippen LogP contribution in [0.1, 0.15) is 18.4 Å². The first-order valence-electron chi connectivity index (χ1n) is 9.07. The second-order valence-electron chi connectivity index (χ2n) is 7.07. The molecule has 0 N–H and O–H groups in total. The predicted octanol–water partition coefficient (Wildman–Crippen LogP) is 3.73. The lowest BCUT2D eigenvalue weighted by Crippen LogP contribution is -2.51. The number of methoxy groups -OCH3 is 1. The number of halogens is 1. The molecule has 0 bridgehead atoms. The molecule has 0 atom stereocenters.